The Labute approximate surface area is 98.9 Å². The molecule has 1 aliphatic heterocycles. The number of hydrogen-bond donors (Lipinski definition) is 0. The van der Waals surface area contributed by atoms with Gasteiger partial charge in [0.15, 0.2) is 0 Å². The van der Waals surface area contributed by atoms with Crippen LogP contribution in [-0.4, -0.2) is 43.0 Å². The highest BCUT2D eigenvalue weighted by atomic mass is 15.2. The van der Waals surface area contributed by atoms with Crippen LogP contribution in [0.4, 0.5) is 0 Å². The standard InChI is InChI=1S/C14H22N2/c1-15(2)12-14-9-6-10-16(14)11-13-7-4-3-5-8-13/h3-5,7-8,14H,6,9-12H2,1-2H3. The first kappa shape index (κ1) is 11.6. The van der Waals surface area contributed by atoms with E-state index in [9.17, 15) is 0 Å². The molecule has 88 valence electrons. The van der Waals surface area contributed by atoms with E-state index in [4.69, 9.17) is 0 Å². The molecule has 0 saturated carbocycles. The van der Waals surface area contributed by atoms with E-state index < -0.39 is 0 Å². The molecule has 2 nitrogen and oxygen atoms in total. The summed E-state index contributed by atoms with van der Waals surface area (Å²) in [6.07, 6.45) is 2.70. The second-order valence-electron chi connectivity index (χ2n) is 5.01. The number of benzene rings is 1. The molecule has 1 saturated heterocycles. The first-order valence-corrected chi connectivity index (χ1v) is 6.18. The van der Waals surface area contributed by atoms with Crippen molar-refractivity contribution in [3.63, 3.8) is 0 Å². The lowest BCUT2D eigenvalue weighted by atomic mass is 10.2. The highest BCUT2D eigenvalue weighted by Gasteiger charge is 2.24. The SMILES string of the molecule is CN(C)CC1CCCN1Cc1ccccc1. The minimum absolute atomic E-state index is 0.746. The number of likely N-dealkylation sites (N-methyl/N-ethyl adjacent to an activating group) is 1. The molecule has 0 spiro atoms. The van der Waals surface area contributed by atoms with Crippen molar-refractivity contribution in [2.24, 2.45) is 0 Å². The van der Waals surface area contributed by atoms with Gasteiger partial charge in [-0.3, -0.25) is 4.90 Å². The van der Waals surface area contributed by atoms with Gasteiger partial charge in [0.05, 0.1) is 0 Å². The summed E-state index contributed by atoms with van der Waals surface area (Å²) in [5, 5.41) is 0. The molecule has 1 unspecified atom stereocenters. The van der Waals surface area contributed by atoms with E-state index in [-0.39, 0.29) is 0 Å². The van der Waals surface area contributed by atoms with Crippen LogP contribution in [0.2, 0.25) is 0 Å². The normalized spacial score (nSPS) is 21.8. The van der Waals surface area contributed by atoms with Crippen molar-refractivity contribution in [1.82, 2.24) is 9.80 Å². The monoisotopic (exact) mass is 218 g/mol. The lowest BCUT2D eigenvalue weighted by Gasteiger charge is -2.27. The smallest absolute Gasteiger partial charge is 0.0237 e. The molecule has 0 aromatic heterocycles. The highest BCUT2D eigenvalue weighted by Crippen LogP contribution is 2.20. The Hall–Kier alpha value is -0.860. The van der Waals surface area contributed by atoms with Crippen LogP contribution in [0.25, 0.3) is 0 Å². The fourth-order valence-corrected chi connectivity index (χ4v) is 2.55. The predicted octanol–water partition coefficient (Wildman–Crippen LogP) is 2.21. The first-order valence-electron chi connectivity index (χ1n) is 6.18. The summed E-state index contributed by atoms with van der Waals surface area (Å²) in [5.74, 6) is 0. The minimum Gasteiger partial charge on any atom is -0.308 e. The zero-order chi connectivity index (χ0) is 11.4. The Morgan fingerprint density at radius 2 is 2.00 bits per heavy atom. The van der Waals surface area contributed by atoms with Gasteiger partial charge >= 0.3 is 0 Å². The Balaban J connectivity index is 1.93. The number of rotatable bonds is 4. The molecule has 0 amide bonds. The van der Waals surface area contributed by atoms with Gasteiger partial charge in [-0.2, -0.15) is 0 Å². The molecule has 16 heavy (non-hydrogen) atoms. The Morgan fingerprint density at radius 3 is 2.69 bits per heavy atom. The molecule has 0 radical (unpaired) electrons. The van der Waals surface area contributed by atoms with Crippen LogP contribution in [0.15, 0.2) is 30.3 Å². The Morgan fingerprint density at radius 1 is 1.25 bits per heavy atom. The summed E-state index contributed by atoms with van der Waals surface area (Å²) in [5.41, 5.74) is 1.44. The molecule has 1 fully saturated rings. The van der Waals surface area contributed by atoms with Crippen molar-refractivity contribution in [1.29, 1.82) is 0 Å². The van der Waals surface area contributed by atoms with E-state index in [0.717, 1.165) is 12.6 Å². The van der Waals surface area contributed by atoms with Gasteiger partial charge in [-0.25, -0.2) is 0 Å². The third kappa shape index (κ3) is 3.06. The lowest BCUT2D eigenvalue weighted by molar-refractivity contribution is 0.201. The Bertz CT molecular complexity index is 308. The average molecular weight is 218 g/mol. The maximum atomic E-state index is 2.62. The van der Waals surface area contributed by atoms with Gasteiger partial charge in [0.1, 0.15) is 0 Å². The van der Waals surface area contributed by atoms with Crippen molar-refractivity contribution in [2.75, 3.05) is 27.2 Å². The number of likely N-dealkylation sites (tertiary alicyclic amines) is 1. The van der Waals surface area contributed by atoms with Crippen molar-refractivity contribution >= 4 is 0 Å². The summed E-state index contributed by atoms with van der Waals surface area (Å²) in [7, 11) is 4.33. The fraction of sp³-hybridized carbons (Fsp3) is 0.571. The van der Waals surface area contributed by atoms with Crippen molar-refractivity contribution < 1.29 is 0 Å². The topological polar surface area (TPSA) is 6.48 Å². The molecule has 1 aliphatic rings. The van der Waals surface area contributed by atoms with Crippen LogP contribution in [0.1, 0.15) is 18.4 Å². The summed E-state index contributed by atoms with van der Waals surface area (Å²) in [6.45, 7) is 3.56. The molecule has 2 heteroatoms. The summed E-state index contributed by atoms with van der Waals surface area (Å²) in [6, 6.07) is 11.6. The second kappa shape index (κ2) is 5.46. The molecule has 1 heterocycles. The van der Waals surface area contributed by atoms with Gasteiger partial charge in [0, 0.05) is 19.1 Å². The first-order chi connectivity index (χ1) is 7.75. The Kier molecular flexibility index (Phi) is 3.97. The van der Waals surface area contributed by atoms with Gasteiger partial charge in [0.2, 0.25) is 0 Å². The van der Waals surface area contributed by atoms with Gasteiger partial charge in [0.25, 0.3) is 0 Å². The van der Waals surface area contributed by atoms with Gasteiger partial charge in [-0.1, -0.05) is 30.3 Å². The summed E-state index contributed by atoms with van der Waals surface area (Å²) in [4.78, 5) is 4.92. The molecule has 0 aliphatic carbocycles. The number of hydrogen-bond acceptors (Lipinski definition) is 2. The average Bonchev–Trinajstić information content (AvgIpc) is 2.66. The van der Waals surface area contributed by atoms with E-state index >= 15 is 0 Å². The maximum absolute atomic E-state index is 2.62. The molecule has 0 bridgehead atoms. The van der Waals surface area contributed by atoms with E-state index in [1.807, 2.05) is 0 Å². The molecule has 1 atom stereocenters. The largest absolute Gasteiger partial charge is 0.308 e. The van der Waals surface area contributed by atoms with Crippen LogP contribution >= 0.6 is 0 Å². The fourth-order valence-electron chi connectivity index (χ4n) is 2.55. The second-order valence-corrected chi connectivity index (χ2v) is 5.01. The molecule has 0 N–H and O–H groups in total. The highest BCUT2D eigenvalue weighted by molar-refractivity contribution is 5.14. The van der Waals surface area contributed by atoms with Crippen molar-refractivity contribution in [2.45, 2.75) is 25.4 Å². The van der Waals surface area contributed by atoms with Crippen LogP contribution in [0.3, 0.4) is 0 Å². The lowest BCUT2D eigenvalue weighted by Crippen LogP contribution is -2.37. The molecular formula is C14H22N2. The van der Waals surface area contributed by atoms with Crippen molar-refractivity contribution in [3.8, 4) is 0 Å². The van der Waals surface area contributed by atoms with Crippen molar-refractivity contribution in [3.05, 3.63) is 35.9 Å². The van der Waals surface area contributed by atoms with E-state index in [1.54, 1.807) is 0 Å². The van der Waals surface area contributed by atoms with E-state index in [0.29, 0.717) is 0 Å². The third-order valence-electron chi connectivity index (χ3n) is 3.30. The third-order valence-corrected chi connectivity index (χ3v) is 3.30. The predicted molar refractivity (Wildman–Crippen MR) is 68.4 cm³/mol. The van der Waals surface area contributed by atoms with Crippen LogP contribution in [0.5, 0.6) is 0 Å². The van der Waals surface area contributed by atoms with Crippen LogP contribution < -0.4 is 0 Å². The van der Waals surface area contributed by atoms with Crippen LogP contribution in [-0.2, 0) is 6.54 Å². The molecular weight excluding hydrogens is 196 g/mol. The zero-order valence-electron chi connectivity index (χ0n) is 10.4. The zero-order valence-corrected chi connectivity index (χ0v) is 10.4. The van der Waals surface area contributed by atoms with E-state index in [1.165, 1.54) is 31.5 Å². The van der Waals surface area contributed by atoms with Gasteiger partial charge < -0.3 is 4.90 Å². The van der Waals surface area contributed by atoms with E-state index in [2.05, 4.69) is 54.2 Å². The van der Waals surface area contributed by atoms with Crippen LogP contribution in [0, 0.1) is 0 Å². The summed E-state index contributed by atoms with van der Waals surface area (Å²) >= 11 is 0. The van der Waals surface area contributed by atoms with Gasteiger partial charge in [-0.05, 0) is 39.0 Å². The molecule has 1 aromatic carbocycles. The number of nitrogens with zero attached hydrogens (tertiary/aromatic N) is 2. The quantitative estimate of drug-likeness (QED) is 0.764. The molecule has 1 aromatic rings. The molecule has 2 rings (SSSR count). The maximum Gasteiger partial charge on any atom is 0.0237 e. The minimum atomic E-state index is 0.746. The van der Waals surface area contributed by atoms with Gasteiger partial charge in [-0.15, -0.1) is 0 Å². The summed E-state index contributed by atoms with van der Waals surface area (Å²) < 4.78 is 0.